The number of aromatic nitrogens is 3. The molecule has 0 radical (unpaired) electrons. The molecular weight excluding hydrogens is 490 g/mol. The van der Waals surface area contributed by atoms with Crippen molar-refractivity contribution in [3.8, 4) is 28.3 Å². The highest BCUT2D eigenvalue weighted by Gasteiger charge is 2.26. The highest BCUT2D eigenvalue weighted by Crippen LogP contribution is 2.44. The second-order valence-electron chi connectivity index (χ2n) is 9.87. The van der Waals surface area contributed by atoms with Crippen LogP contribution in [0.15, 0.2) is 73.1 Å². The summed E-state index contributed by atoms with van der Waals surface area (Å²) in [7, 11) is 1.71. The largest absolute Gasteiger partial charge is 0.496 e. The molecule has 0 saturated carbocycles. The first-order chi connectivity index (χ1) is 18.4. The molecule has 0 amide bonds. The Hall–Kier alpha value is -3.65. The molecule has 2 aromatic carbocycles. The molecule has 5 rings (SSSR count). The first-order valence-corrected chi connectivity index (χ1v) is 13.6. The van der Waals surface area contributed by atoms with Gasteiger partial charge in [0, 0.05) is 40.0 Å². The lowest BCUT2D eigenvalue weighted by molar-refractivity contribution is 0.416. The van der Waals surface area contributed by atoms with Gasteiger partial charge in [-0.3, -0.25) is 4.98 Å². The predicted molar refractivity (Wildman–Crippen MR) is 157 cm³/mol. The van der Waals surface area contributed by atoms with E-state index in [9.17, 15) is 0 Å². The van der Waals surface area contributed by atoms with Gasteiger partial charge in [-0.2, -0.15) is 0 Å². The summed E-state index contributed by atoms with van der Waals surface area (Å²) in [5.41, 5.74) is 20.5. The van der Waals surface area contributed by atoms with E-state index in [0.29, 0.717) is 18.2 Å². The minimum Gasteiger partial charge on any atom is -0.496 e. The molecule has 3 heterocycles. The summed E-state index contributed by atoms with van der Waals surface area (Å²) in [6, 6.07) is 19.6. The molecule has 0 saturated heterocycles. The van der Waals surface area contributed by atoms with E-state index in [1.807, 2.05) is 36.4 Å². The zero-order valence-electron chi connectivity index (χ0n) is 22.2. The molecule has 0 fully saturated rings. The standard InChI is InChI=1S/C31H33N5OS/c1-18(2)22-10-11-25(37-4)23(17-22)26-19(3)38-30-28(26)35-31(21-12-14-34-15-13-21)36-29(30)27(33)24(32)16-20-8-6-5-7-9-20/h5-15,17-18,24,27H,16,32-33H2,1-4H3. The molecule has 38 heavy (non-hydrogen) atoms. The maximum absolute atomic E-state index is 6.87. The number of nitrogens with zero attached hydrogens (tertiary/aromatic N) is 3. The lowest BCUT2D eigenvalue weighted by atomic mass is 9.95. The molecular formula is C31H33N5OS. The van der Waals surface area contributed by atoms with Crippen molar-refractivity contribution in [3.05, 3.63) is 94.8 Å². The Morgan fingerprint density at radius 2 is 1.68 bits per heavy atom. The van der Waals surface area contributed by atoms with Crippen molar-refractivity contribution in [1.82, 2.24) is 15.0 Å². The van der Waals surface area contributed by atoms with Crippen molar-refractivity contribution >= 4 is 21.6 Å². The Labute approximate surface area is 227 Å². The van der Waals surface area contributed by atoms with Crippen molar-refractivity contribution in [2.45, 2.75) is 45.2 Å². The summed E-state index contributed by atoms with van der Waals surface area (Å²) < 4.78 is 6.77. The molecule has 4 N–H and O–H groups in total. The fraction of sp³-hybridized carbons (Fsp3) is 0.258. The van der Waals surface area contributed by atoms with E-state index < -0.39 is 6.04 Å². The van der Waals surface area contributed by atoms with Gasteiger partial charge in [-0.25, -0.2) is 9.97 Å². The molecule has 0 aliphatic heterocycles. The quantitative estimate of drug-likeness (QED) is 0.243. The van der Waals surface area contributed by atoms with Gasteiger partial charge in [0.15, 0.2) is 5.82 Å². The molecule has 0 spiro atoms. The zero-order chi connectivity index (χ0) is 26.8. The Morgan fingerprint density at radius 3 is 2.37 bits per heavy atom. The van der Waals surface area contributed by atoms with Gasteiger partial charge in [-0.05, 0) is 54.7 Å². The van der Waals surface area contributed by atoms with Crippen LogP contribution in [0.25, 0.3) is 32.7 Å². The van der Waals surface area contributed by atoms with Crippen LogP contribution in [0.2, 0.25) is 0 Å². The smallest absolute Gasteiger partial charge is 0.160 e. The number of fused-ring (bicyclic) bond motifs is 1. The second-order valence-corrected chi connectivity index (χ2v) is 11.1. The van der Waals surface area contributed by atoms with Crippen LogP contribution >= 0.6 is 11.3 Å². The summed E-state index contributed by atoms with van der Waals surface area (Å²) in [6.07, 6.45) is 4.15. The van der Waals surface area contributed by atoms with Crippen LogP contribution < -0.4 is 16.2 Å². The fourth-order valence-electron chi connectivity index (χ4n) is 4.78. The molecule has 5 aromatic rings. The molecule has 194 valence electrons. The fourth-order valence-corrected chi connectivity index (χ4v) is 5.92. The lowest BCUT2D eigenvalue weighted by Gasteiger charge is -2.21. The summed E-state index contributed by atoms with van der Waals surface area (Å²) in [5, 5.41) is 0. The number of hydrogen-bond donors (Lipinski definition) is 2. The first-order valence-electron chi connectivity index (χ1n) is 12.8. The molecule has 3 aromatic heterocycles. The SMILES string of the molecule is COc1ccc(C(C)C)cc1-c1c(C)sc2c(C(N)C(N)Cc3ccccc3)nc(-c3ccncc3)nc12. The third-order valence-electron chi connectivity index (χ3n) is 6.93. The summed E-state index contributed by atoms with van der Waals surface area (Å²) in [5.74, 6) is 1.80. The van der Waals surface area contributed by atoms with Crippen LogP contribution in [0.3, 0.4) is 0 Å². The van der Waals surface area contributed by atoms with Crippen LogP contribution in [0.4, 0.5) is 0 Å². The Balaban J connectivity index is 1.72. The second kappa shape index (κ2) is 11.0. The van der Waals surface area contributed by atoms with Gasteiger partial charge in [0.2, 0.25) is 0 Å². The number of pyridine rings is 1. The van der Waals surface area contributed by atoms with E-state index in [0.717, 1.165) is 48.8 Å². The van der Waals surface area contributed by atoms with Crippen molar-refractivity contribution in [1.29, 1.82) is 0 Å². The third-order valence-corrected chi connectivity index (χ3v) is 8.04. The summed E-state index contributed by atoms with van der Waals surface area (Å²) in [4.78, 5) is 15.4. The van der Waals surface area contributed by atoms with Crippen LogP contribution in [0.1, 0.15) is 47.5 Å². The van der Waals surface area contributed by atoms with E-state index in [2.05, 4.69) is 50.0 Å². The van der Waals surface area contributed by atoms with Crippen LogP contribution in [0, 0.1) is 6.92 Å². The number of ether oxygens (including phenoxy) is 1. The van der Waals surface area contributed by atoms with Crippen molar-refractivity contribution in [2.24, 2.45) is 11.5 Å². The average molecular weight is 524 g/mol. The molecule has 0 aliphatic rings. The van der Waals surface area contributed by atoms with E-state index >= 15 is 0 Å². The van der Waals surface area contributed by atoms with E-state index in [1.54, 1.807) is 30.8 Å². The van der Waals surface area contributed by atoms with Gasteiger partial charge in [-0.15, -0.1) is 11.3 Å². The maximum atomic E-state index is 6.87. The van der Waals surface area contributed by atoms with E-state index in [-0.39, 0.29) is 6.04 Å². The van der Waals surface area contributed by atoms with E-state index in [1.165, 1.54) is 5.56 Å². The van der Waals surface area contributed by atoms with Gasteiger partial charge in [0.1, 0.15) is 5.75 Å². The topological polar surface area (TPSA) is 99.9 Å². The van der Waals surface area contributed by atoms with Gasteiger partial charge in [-0.1, -0.05) is 50.2 Å². The molecule has 7 heteroatoms. The average Bonchev–Trinajstić information content (AvgIpc) is 3.28. The summed E-state index contributed by atoms with van der Waals surface area (Å²) >= 11 is 1.66. The van der Waals surface area contributed by atoms with Crippen LogP contribution in [-0.2, 0) is 6.42 Å². The third kappa shape index (κ3) is 5.05. The first kappa shape index (κ1) is 26.0. The van der Waals surface area contributed by atoms with Crippen LogP contribution in [-0.4, -0.2) is 28.1 Å². The van der Waals surface area contributed by atoms with Crippen molar-refractivity contribution in [3.63, 3.8) is 0 Å². The number of nitrogens with two attached hydrogens (primary N) is 2. The monoisotopic (exact) mass is 523 g/mol. The highest BCUT2D eigenvalue weighted by molar-refractivity contribution is 7.19. The minimum absolute atomic E-state index is 0.314. The molecule has 0 aliphatic carbocycles. The Bertz CT molecular complexity index is 1550. The number of rotatable bonds is 8. The number of aryl methyl sites for hydroxylation is 1. The highest BCUT2D eigenvalue weighted by atomic mass is 32.1. The van der Waals surface area contributed by atoms with Crippen molar-refractivity contribution < 1.29 is 4.74 Å². The van der Waals surface area contributed by atoms with Gasteiger partial charge < -0.3 is 16.2 Å². The van der Waals surface area contributed by atoms with Crippen molar-refractivity contribution in [2.75, 3.05) is 7.11 Å². The predicted octanol–water partition coefficient (Wildman–Crippen LogP) is 6.43. The number of thiophene rings is 1. The molecule has 2 unspecified atom stereocenters. The molecule has 2 atom stereocenters. The molecule has 6 nitrogen and oxygen atoms in total. The molecule has 0 bridgehead atoms. The summed E-state index contributed by atoms with van der Waals surface area (Å²) in [6.45, 7) is 6.51. The Kier molecular flexibility index (Phi) is 7.51. The number of methoxy groups -OCH3 is 1. The Morgan fingerprint density at radius 1 is 0.947 bits per heavy atom. The lowest BCUT2D eigenvalue weighted by Crippen LogP contribution is -2.36. The maximum Gasteiger partial charge on any atom is 0.160 e. The van der Waals surface area contributed by atoms with Gasteiger partial charge in [0.05, 0.1) is 29.1 Å². The zero-order valence-corrected chi connectivity index (χ0v) is 23.0. The van der Waals surface area contributed by atoms with Gasteiger partial charge >= 0.3 is 0 Å². The normalized spacial score (nSPS) is 13.1. The number of benzene rings is 2. The number of hydrogen-bond acceptors (Lipinski definition) is 7. The van der Waals surface area contributed by atoms with Gasteiger partial charge in [0.25, 0.3) is 0 Å². The van der Waals surface area contributed by atoms with Crippen LogP contribution in [0.5, 0.6) is 5.75 Å². The minimum atomic E-state index is -0.476. The van der Waals surface area contributed by atoms with E-state index in [4.69, 9.17) is 26.2 Å².